The molecular formula is C16H28O2. The molecule has 18 heavy (non-hydrogen) atoms. The maximum absolute atomic E-state index is 5.55. The van der Waals surface area contributed by atoms with E-state index in [-0.39, 0.29) is 6.29 Å². The fourth-order valence-electron chi connectivity index (χ4n) is 2.11. The second-order valence-corrected chi connectivity index (χ2v) is 4.98. The number of hydrogen-bond donors (Lipinski definition) is 0. The Morgan fingerprint density at radius 3 is 2.67 bits per heavy atom. The van der Waals surface area contributed by atoms with Crippen molar-refractivity contribution in [3.8, 4) is 11.8 Å². The number of unbranched alkanes of at least 4 members (excludes halogenated alkanes) is 6. The summed E-state index contributed by atoms with van der Waals surface area (Å²) in [7, 11) is 0. The Morgan fingerprint density at radius 2 is 1.89 bits per heavy atom. The highest BCUT2D eigenvalue weighted by atomic mass is 16.7. The molecule has 0 radical (unpaired) electrons. The maximum Gasteiger partial charge on any atom is 0.158 e. The Hall–Kier alpha value is -0.520. The fourth-order valence-corrected chi connectivity index (χ4v) is 2.11. The first-order valence-corrected chi connectivity index (χ1v) is 7.62. The van der Waals surface area contributed by atoms with E-state index in [2.05, 4.69) is 18.8 Å². The summed E-state index contributed by atoms with van der Waals surface area (Å²) in [5, 5.41) is 0. The van der Waals surface area contributed by atoms with Crippen LogP contribution in [0.3, 0.4) is 0 Å². The van der Waals surface area contributed by atoms with E-state index in [4.69, 9.17) is 9.47 Å². The molecule has 2 heteroatoms. The largest absolute Gasteiger partial charge is 0.353 e. The molecule has 0 aromatic carbocycles. The highest BCUT2D eigenvalue weighted by Crippen LogP contribution is 2.13. The molecule has 0 aromatic heterocycles. The van der Waals surface area contributed by atoms with Crippen LogP contribution in [0.4, 0.5) is 0 Å². The summed E-state index contributed by atoms with van der Waals surface area (Å²) in [4.78, 5) is 0. The first-order valence-electron chi connectivity index (χ1n) is 7.62. The monoisotopic (exact) mass is 252 g/mol. The summed E-state index contributed by atoms with van der Waals surface area (Å²) in [5.41, 5.74) is 0. The SMILES string of the molecule is CCCCCCCCC#CCO[C@H]1CCCCO1. The minimum absolute atomic E-state index is 0.00194. The van der Waals surface area contributed by atoms with Crippen LogP contribution >= 0.6 is 0 Å². The van der Waals surface area contributed by atoms with Crippen molar-refractivity contribution < 1.29 is 9.47 Å². The lowest BCUT2D eigenvalue weighted by Crippen LogP contribution is -2.22. The Bertz CT molecular complexity index is 233. The predicted octanol–water partition coefficient (Wildman–Crippen LogP) is 4.28. The lowest BCUT2D eigenvalue weighted by atomic mass is 10.1. The van der Waals surface area contributed by atoms with Crippen LogP contribution in [-0.2, 0) is 9.47 Å². The lowest BCUT2D eigenvalue weighted by Gasteiger charge is -2.21. The van der Waals surface area contributed by atoms with E-state index >= 15 is 0 Å². The fraction of sp³-hybridized carbons (Fsp3) is 0.875. The van der Waals surface area contributed by atoms with Crippen LogP contribution in [0.5, 0.6) is 0 Å². The van der Waals surface area contributed by atoms with Gasteiger partial charge in [0.15, 0.2) is 6.29 Å². The van der Waals surface area contributed by atoms with Crippen molar-refractivity contribution in [3.63, 3.8) is 0 Å². The standard InChI is InChI=1S/C16H28O2/c1-2-3-4-5-6-7-8-9-11-14-17-16-13-10-12-15-18-16/h16H,2-8,10,12-15H2,1H3/t16-/m1/s1. The van der Waals surface area contributed by atoms with Gasteiger partial charge in [-0.2, -0.15) is 0 Å². The van der Waals surface area contributed by atoms with Crippen molar-refractivity contribution >= 4 is 0 Å². The third kappa shape index (κ3) is 8.55. The summed E-state index contributed by atoms with van der Waals surface area (Å²) in [5.74, 6) is 6.27. The zero-order chi connectivity index (χ0) is 12.9. The third-order valence-corrected chi connectivity index (χ3v) is 3.26. The quantitative estimate of drug-likeness (QED) is 0.474. The Morgan fingerprint density at radius 1 is 1.06 bits per heavy atom. The van der Waals surface area contributed by atoms with Gasteiger partial charge in [-0.25, -0.2) is 0 Å². The molecule has 1 rings (SSSR count). The zero-order valence-corrected chi connectivity index (χ0v) is 11.9. The van der Waals surface area contributed by atoms with Gasteiger partial charge in [-0.3, -0.25) is 0 Å². The molecule has 1 fully saturated rings. The van der Waals surface area contributed by atoms with Crippen LogP contribution in [0, 0.1) is 11.8 Å². The summed E-state index contributed by atoms with van der Waals surface area (Å²) in [6, 6.07) is 0. The van der Waals surface area contributed by atoms with Crippen molar-refractivity contribution in [1.29, 1.82) is 0 Å². The minimum Gasteiger partial charge on any atom is -0.353 e. The van der Waals surface area contributed by atoms with Gasteiger partial charge in [0.25, 0.3) is 0 Å². The Balaban J connectivity index is 1.85. The van der Waals surface area contributed by atoms with Crippen LogP contribution in [0.2, 0.25) is 0 Å². The molecule has 1 aliphatic heterocycles. The van der Waals surface area contributed by atoms with Crippen LogP contribution in [-0.4, -0.2) is 19.5 Å². The van der Waals surface area contributed by atoms with Crippen molar-refractivity contribution in [2.24, 2.45) is 0 Å². The van der Waals surface area contributed by atoms with Gasteiger partial charge >= 0.3 is 0 Å². The van der Waals surface area contributed by atoms with E-state index < -0.39 is 0 Å². The summed E-state index contributed by atoms with van der Waals surface area (Å²) in [6.45, 7) is 3.62. The molecule has 0 spiro atoms. The smallest absolute Gasteiger partial charge is 0.158 e. The van der Waals surface area contributed by atoms with Gasteiger partial charge in [-0.1, -0.05) is 44.9 Å². The van der Waals surface area contributed by atoms with Gasteiger partial charge in [0.05, 0.1) is 0 Å². The van der Waals surface area contributed by atoms with Gasteiger partial charge in [-0.15, -0.1) is 5.92 Å². The first-order chi connectivity index (χ1) is 8.93. The van der Waals surface area contributed by atoms with Gasteiger partial charge in [-0.05, 0) is 25.7 Å². The van der Waals surface area contributed by atoms with E-state index in [9.17, 15) is 0 Å². The van der Waals surface area contributed by atoms with Crippen molar-refractivity contribution in [2.45, 2.75) is 77.4 Å². The predicted molar refractivity (Wildman–Crippen MR) is 75.3 cm³/mol. The van der Waals surface area contributed by atoms with Crippen LogP contribution in [0.1, 0.15) is 71.1 Å². The van der Waals surface area contributed by atoms with Gasteiger partial charge in [0, 0.05) is 13.0 Å². The average Bonchev–Trinajstić information content (AvgIpc) is 2.42. The first kappa shape index (κ1) is 15.5. The summed E-state index contributed by atoms with van der Waals surface area (Å²) in [6.07, 6.45) is 12.4. The molecule has 1 saturated heterocycles. The molecule has 0 unspecified atom stereocenters. The molecule has 0 aromatic rings. The zero-order valence-electron chi connectivity index (χ0n) is 11.9. The molecule has 1 heterocycles. The Labute approximate surface area is 112 Å². The summed E-state index contributed by atoms with van der Waals surface area (Å²) < 4.78 is 11.0. The van der Waals surface area contributed by atoms with Crippen molar-refractivity contribution in [1.82, 2.24) is 0 Å². The summed E-state index contributed by atoms with van der Waals surface area (Å²) >= 11 is 0. The molecule has 0 saturated carbocycles. The van der Waals surface area contributed by atoms with E-state index in [0.29, 0.717) is 6.61 Å². The highest BCUT2D eigenvalue weighted by molar-refractivity contribution is 4.98. The van der Waals surface area contributed by atoms with Crippen molar-refractivity contribution in [2.75, 3.05) is 13.2 Å². The normalized spacial score (nSPS) is 19.3. The molecule has 0 aliphatic carbocycles. The van der Waals surface area contributed by atoms with Crippen molar-refractivity contribution in [3.05, 3.63) is 0 Å². The van der Waals surface area contributed by atoms with Crippen LogP contribution < -0.4 is 0 Å². The number of ether oxygens (including phenoxy) is 2. The number of hydrogen-bond acceptors (Lipinski definition) is 2. The molecule has 1 aliphatic rings. The van der Waals surface area contributed by atoms with E-state index in [1.807, 2.05) is 0 Å². The second kappa shape index (κ2) is 11.6. The molecule has 0 amide bonds. The molecule has 0 bridgehead atoms. The molecule has 104 valence electrons. The molecular weight excluding hydrogens is 224 g/mol. The molecule has 1 atom stereocenters. The van der Waals surface area contributed by atoms with Gasteiger partial charge < -0.3 is 9.47 Å². The topological polar surface area (TPSA) is 18.5 Å². The molecule has 2 nitrogen and oxygen atoms in total. The van der Waals surface area contributed by atoms with Crippen LogP contribution in [0.15, 0.2) is 0 Å². The lowest BCUT2D eigenvalue weighted by molar-refractivity contribution is -0.154. The second-order valence-electron chi connectivity index (χ2n) is 4.98. The van der Waals surface area contributed by atoms with Gasteiger partial charge in [0.1, 0.15) is 6.61 Å². The van der Waals surface area contributed by atoms with E-state index in [1.165, 1.54) is 51.4 Å². The third-order valence-electron chi connectivity index (χ3n) is 3.26. The molecule has 0 N–H and O–H groups in total. The minimum atomic E-state index is 0.00194. The van der Waals surface area contributed by atoms with E-state index in [0.717, 1.165) is 19.4 Å². The average molecular weight is 252 g/mol. The Kier molecular flexibility index (Phi) is 9.98. The van der Waals surface area contributed by atoms with E-state index in [1.54, 1.807) is 0 Å². The number of rotatable bonds is 8. The van der Waals surface area contributed by atoms with Gasteiger partial charge in [0.2, 0.25) is 0 Å². The highest BCUT2D eigenvalue weighted by Gasteiger charge is 2.12. The van der Waals surface area contributed by atoms with Crippen LogP contribution in [0.25, 0.3) is 0 Å². The maximum atomic E-state index is 5.55.